The van der Waals surface area contributed by atoms with Crippen LogP contribution >= 0.6 is 0 Å². The Balaban J connectivity index is 2.57. The molecule has 1 atom stereocenters. The molecule has 1 aliphatic rings. The van der Waals surface area contributed by atoms with Crippen molar-refractivity contribution in [2.45, 2.75) is 19.4 Å². The molecule has 0 aliphatic carbocycles. The minimum atomic E-state index is -0.0417. The van der Waals surface area contributed by atoms with Gasteiger partial charge in [0, 0.05) is 5.69 Å². The van der Waals surface area contributed by atoms with Crippen molar-refractivity contribution in [3.05, 3.63) is 29.3 Å². The number of benzene rings is 1. The lowest BCUT2D eigenvalue weighted by atomic mass is 10.0. The van der Waals surface area contributed by atoms with Crippen LogP contribution < -0.4 is 11.1 Å². The molecule has 1 amide bonds. The summed E-state index contributed by atoms with van der Waals surface area (Å²) in [6.45, 7) is 2.04. The van der Waals surface area contributed by atoms with Gasteiger partial charge in [-0.25, -0.2) is 0 Å². The predicted molar refractivity (Wildman–Crippen MR) is 51.4 cm³/mol. The van der Waals surface area contributed by atoms with Crippen LogP contribution in [0.2, 0.25) is 0 Å². The van der Waals surface area contributed by atoms with Crippen molar-refractivity contribution in [2.75, 3.05) is 5.73 Å². The molecule has 0 bridgehead atoms. The second-order valence-electron chi connectivity index (χ2n) is 3.25. The van der Waals surface area contributed by atoms with E-state index in [1.807, 2.05) is 19.1 Å². The highest BCUT2D eigenvalue weighted by Crippen LogP contribution is 2.30. The van der Waals surface area contributed by atoms with Gasteiger partial charge in [0.1, 0.15) is 0 Å². The van der Waals surface area contributed by atoms with Crippen LogP contribution in [0.3, 0.4) is 0 Å². The molecule has 0 radical (unpaired) electrons. The van der Waals surface area contributed by atoms with Gasteiger partial charge in [-0.15, -0.1) is 0 Å². The van der Waals surface area contributed by atoms with Crippen LogP contribution in [0.5, 0.6) is 0 Å². The van der Waals surface area contributed by atoms with E-state index in [9.17, 15) is 4.79 Å². The lowest BCUT2D eigenvalue weighted by Crippen LogP contribution is -2.18. The largest absolute Gasteiger partial charge is 0.398 e. The number of fused-ring (bicyclic) bond motifs is 1. The summed E-state index contributed by atoms with van der Waals surface area (Å²) in [7, 11) is 0. The molecule has 0 fully saturated rings. The minimum absolute atomic E-state index is 0.0417. The first-order chi connectivity index (χ1) is 6.24. The van der Waals surface area contributed by atoms with Gasteiger partial charge in [-0.1, -0.05) is 19.1 Å². The van der Waals surface area contributed by atoms with Crippen molar-refractivity contribution >= 4 is 11.6 Å². The molecule has 0 saturated carbocycles. The van der Waals surface area contributed by atoms with Crippen molar-refractivity contribution in [1.82, 2.24) is 5.32 Å². The molecule has 1 heterocycles. The second-order valence-corrected chi connectivity index (χ2v) is 3.25. The number of nitrogens with two attached hydrogens (primary N) is 1. The number of carbonyl (C=O) groups is 1. The van der Waals surface area contributed by atoms with Crippen LogP contribution in [0.15, 0.2) is 18.2 Å². The molecule has 1 aliphatic heterocycles. The summed E-state index contributed by atoms with van der Waals surface area (Å²) < 4.78 is 0. The molecule has 0 aromatic heterocycles. The summed E-state index contributed by atoms with van der Waals surface area (Å²) in [6, 6.07) is 5.75. The van der Waals surface area contributed by atoms with Gasteiger partial charge >= 0.3 is 0 Å². The van der Waals surface area contributed by atoms with Crippen LogP contribution in [-0.4, -0.2) is 5.91 Å². The zero-order chi connectivity index (χ0) is 9.42. The average Bonchev–Trinajstić information content (AvgIpc) is 2.44. The van der Waals surface area contributed by atoms with E-state index >= 15 is 0 Å². The molecule has 3 heteroatoms. The summed E-state index contributed by atoms with van der Waals surface area (Å²) in [5.41, 5.74) is 7.99. The smallest absolute Gasteiger partial charge is 0.254 e. The van der Waals surface area contributed by atoms with E-state index in [0.29, 0.717) is 11.3 Å². The topological polar surface area (TPSA) is 55.1 Å². The summed E-state index contributed by atoms with van der Waals surface area (Å²) in [6.07, 6.45) is 0.905. The molecule has 1 aromatic carbocycles. The highest BCUT2D eigenvalue weighted by Gasteiger charge is 2.28. The third-order valence-electron chi connectivity index (χ3n) is 2.44. The quantitative estimate of drug-likeness (QED) is 0.636. The van der Waals surface area contributed by atoms with Gasteiger partial charge in [0.15, 0.2) is 0 Å². The number of anilines is 1. The Kier molecular flexibility index (Phi) is 1.72. The SMILES string of the molecule is CCC1NC(=O)c2c(N)cccc21. The maximum atomic E-state index is 11.5. The van der Waals surface area contributed by atoms with Crippen molar-refractivity contribution in [1.29, 1.82) is 0 Å². The first kappa shape index (κ1) is 8.10. The van der Waals surface area contributed by atoms with Crippen molar-refractivity contribution in [2.24, 2.45) is 0 Å². The number of nitrogen functional groups attached to an aromatic ring is 1. The Morgan fingerprint density at radius 3 is 3.00 bits per heavy atom. The number of hydrogen-bond donors (Lipinski definition) is 2. The first-order valence-electron chi connectivity index (χ1n) is 4.43. The zero-order valence-electron chi connectivity index (χ0n) is 7.50. The van der Waals surface area contributed by atoms with Crippen LogP contribution in [0.4, 0.5) is 5.69 Å². The van der Waals surface area contributed by atoms with Crippen molar-refractivity contribution < 1.29 is 4.79 Å². The number of carbonyl (C=O) groups excluding carboxylic acids is 1. The van der Waals surface area contributed by atoms with Crippen LogP contribution in [0.1, 0.15) is 35.3 Å². The van der Waals surface area contributed by atoms with Gasteiger partial charge < -0.3 is 11.1 Å². The molecule has 2 rings (SSSR count). The lowest BCUT2D eigenvalue weighted by molar-refractivity contribution is 0.0956. The van der Waals surface area contributed by atoms with E-state index in [1.54, 1.807) is 6.07 Å². The second kappa shape index (κ2) is 2.76. The highest BCUT2D eigenvalue weighted by molar-refractivity contribution is 6.03. The maximum absolute atomic E-state index is 11.5. The standard InChI is InChI=1S/C10H12N2O/c1-2-8-6-4-3-5-7(11)9(6)10(13)12-8/h3-5,8H,2,11H2,1H3,(H,12,13). The minimum Gasteiger partial charge on any atom is -0.398 e. The zero-order valence-corrected chi connectivity index (χ0v) is 7.50. The Morgan fingerprint density at radius 1 is 1.54 bits per heavy atom. The number of hydrogen-bond acceptors (Lipinski definition) is 2. The third-order valence-corrected chi connectivity index (χ3v) is 2.44. The highest BCUT2D eigenvalue weighted by atomic mass is 16.2. The maximum Gasteiger partial charge on any atom is 0.254 e. The van der Waals surface area contributed by atoms with Crippen LogP contribution in [0, 0.1) is 0 Å². The van der Waals surface area contributed by atoms with Gasteiger partial charge in [-0.2, -0.15) is 0 Å². The molecule has 1 aromatic rings. The molecule has 3 nitrogen and oxygen atoms in total. The fourth-order valence-corrected chi connectivity index (χ4v) is 1.77. The average molecular weight is 176 g/mol. The number of amides is 1. The number of rotatable bonds is 1. The summed E-state index contributed by atoms with van der Waals surface area (Å²) >= 11 is 0. The lowest BCUT2D eigenvalue weighted by Gasteiger charge is -2.07. The van der Waals surface area contributed by atoms with Gasteiger partial charge in [0.25, 0.3) is 5.91 Å². The molecule has 3 N–H and O–H groups in total. The molecule has 13 heavy (non-hydrogen) atoms. The van der Waals surface area contributed by atoms with E-state index in [4.69, 9.17) is 5.73 Å². The Bertz CT molecular complexity index is 360. The van der Waals surface area contributed by atoms with E-state index in [1.165, 1.54) is 0 Å². The summed E-state index contributed by atoms with van der Waals surface area (Å²) in [5.74, 6) is -0.0417. The molecule has 1 unspecified atom stereocenters. The van der Waals surface area contributed by atoms with E-state index < -0.39 is 0 Å². The van der Waals surface area contributed by atoms with E-state index in [0.717, 1.165) is 12.0 Å². The molecular formula is C10H12N2O. The fraction of sp³-hybridized carbons (Fsp3) is 0.300. The fourth-order valence-electron chi connectivity index (χ4n) is 1.77. The molecule has 0 saturated heterocycles. The predicted octanol–water partition coefficient (Wildman–Crippen LogP) is 1.46. The summed E-state index contributed by atoms with van der Waals surface area (Å²) in [4.78, 5) is 11.5. The molecule has 0 spiro atoms. The molecular weight excluding hydrogens is 164 g/mol. The van der Waals surface area contributed by atoms with Crippen LogP contribution in [0.25, 0.3) is 0 Å². The number of nitrogens with one attached hydrogen (secondary N) is 1. The van der Waals surface area contributed by atoms with Crippen LogP contribution in [-0.2, 0) is 0 Å². The monoisotopic (exact) mass is 176 g/mol. The van der Waals surface area contributed by atoms with Crippen molar-refractivity contribution in [3.63, 3.8) is 0 Å². The Morgan fingerprint density at radius 2 is 2.31 bits per heavy atom. The normalized spacial score (nSPS) is 19.8. The van der Waals surface area contributed by atoms with E-state index in [-0.39, 0.29) is 11.9 Å². The van der Waals surface area contributed by atoms with Gasteiger partial charge in [0.2, 0.25) is 0 Å². The van der Waals surface area contributed by atoms with Gasteiger partial charge in [-0.05, 0) is 18.1 Å². The van der Waals surface area contributed by atoms with Gasteiger partial charge in [-0.3, -0.25) is 4.79 Å². The first-order valence-corrected chi connectivity index (χ1v) is 4.43. The molecule has 68 valence electrons. The third kappa shape index (κ3) is 1.08. The Labute approximate surface area is 76.9 Å². The van der Waals surface area contributed by atoms with Crippen molar-refractivity contribution in [3.8, 4) is 0 Å². The van der Waals surface area contributed by atoms with E-state index in [2.05, 4.69) is 5.32 Å². The Hall–Kier alpha value is -1.51. The summed E-state index contributed by atoms with van der Waals surface area (Å²) in [5, 5.41) is 2.89. The van der Waals surface area contributed by atoms with Gasteiger partial charge in [0.05, 0.1) is 11.6 Å².